The molecule has 1 aliphatic carbocycles. The first-order chi connectivity index (χ1) is 12.4. The van der Waals surface area contributed by atoms with Crippen molar-refractivity contribution in [3.63, 3.8) is 0 Å². The first kappa shape index (κ1) is 16.5. The van der Waals surface area contributed by atoms with Crippen LogP contribution in [0.15, 0.2) is 60.7 Å². The minimum atomic E-state index is -1.11. The lowest BCUT2D eigenvalue weighted by atomic mass is 9.98. The van der Waals surface area contributed by atoms with Gasteiger partial charge in [-0.1, -0.05) is 47.5 Å². The van der Waals surface area contributed by atoms with Gasteiger partial charge in [0.05, 0.1) is 5.56 Å². The van der Waals surface area contributed by atoms with Crippen LogP contribution in [0.3, 0.4) is 0 Å². The summed E-state index contributed by atoms with van der Waals surface area (Å²) in [6.07, 6.45) is 0. The van der Waals surface area contributed by atoms with Crippen molar-refractivity contribution in [1.82, 2.24) is 0 Å². The zero-order valence-electron chi connectivity index (χ0n) is 14.7. The van der Waals surface area contributed by atoms with Gasteiger partial charge in [-0.2, -0.15) is 0 Å². The van der Waals surface area contributed by atoms with Crippen LogP contribution in [-0.2, 0) is 5.66 Å². The highest BCUT2D eigenvalue weighted by atomic mass is 16.5. The van der Waals surface area contributed by atoms with Gasteiger partial charge in [0, 0.05) is 5.56 Å². The predicted molar refractivity (Wildman–Crippen MR) is 102 cm³/mol. The van der Waals surface area contributed by atoms with E-state index in [-0.39, 0.29) is 0 Å². The van der Waals surface area contributed by atoms with Gasteiger partial charge < -0.3 is 16.2 Å². The van der Waals surface area contributed by atoms with E-state index in [4.69, 9.17) is 16.2 Å². The summed E-state index contributed by atoms with van der Waals surface area (Å²) in [5, 5.41) is 0. The lowest BCUT2D eigenvalue weighted by Crippen LogP contribution is -2.45. The molecule has 4 heteroatoms. The van der Waals surface area contributed by atoms with E-state index in [1.165, 1.54) is 0 Å². The van der Waals surface area contributed by atoms with Gasteiger partial charge in [0.2, 0.25) is 0 Å². The Balaban J connectivity index is 1.69. The summed E-state index contributed by atoms with van der Waals surface area (Å²) in [6, 6.07) is 18.8. The Morgan fingerprint density at radius 3 is 2.08 bits per heavy atom. The average molecular weight is 344 g/mol. The van der Waals surface area contributed by atoms with E-state index in [0.717, 1.165) is 33.4 Å². The number of benzene rings is 3. The number of rotatable bonds is 2. The van der Waals surface area contributed by atoms with E-state index < -0.39 is 11.6 Å². The normalized spacial score (nSPS) is 13.8. The molecule has 0 saturated heterocycles. The van der Waals surface area contributed by atoms with Crippen molar-refractivity contribution in [2.24, 2.45) is 11.5 Å². The van der Waals surface area contributed by atoms with Crippen molar-refractivity contribution in [2.45, 2.75) is 19.5 Å². The second kappa shape index (κ2) is 5.80. The molecule has 1 aliphatic rings. The second-order valence-electron chi connectivity index (χ2n) is 6.88. The molecular formula is C22H20N2O2. The molecule has 4 nitrogen and oxygen atoms in total. The van der Waals surface area contributed by atoms with Gasteiger partial charge in [0.25, 0.3) is 0 Å². The quantitative estimate of drug-likeness (QED) is 0.423. The lowest BCUT2D eigenvalue weighted by Gasteiger charge is -2.22. The minimum absolute atomic E-state index is 0.407. The van der Waals surface area contributed by atoms with Gasteiger partial charge in [-0.3, -0.25) is 0 Å². The maximum Gasteiger partial charge on any atom is 0.343 e. The summed E-state index contributed by atoms with van der Waals surface area (Å²) in [5.74, 6) is 0.0232. The van der Waals surface area contributed by atoms with Crippen molar-refractivity contribution < 1.29 is 9.53 Å². The molecule has 4 N–H and O–H groups in total. The zero-order valence-corrected chi connectivity index (χ0v) is 14.7. The molecule has 0 bridgehead atoms. The lowest BCUT2D eigenvalue weighted by molar-refractivity contribution is 0.0734. The number of hydrogen-bond donors (Lipinski definition) is 2. The molecule has 0 heterocycles. The van der Waals surface area contributed by atoms with Crippen molar-refractivity contribution in [3.8, 4) is 16.9 Å². The number of carbonyl (C=O) groups is 1. The number of aryl methyl sites for hydroxylation is 2. The Labute approximate surface area is 152 Å². The summed E-state index contributed by atoms with van der Waals surface area (Å²) in [7, 11) is 0. The fourth-order valence-electron chi connectivity index (χ4n) is 3.40. The Hall–Kier alpha value is -2.95. The Morgan fingerprint density at radius 2 is 1.38 bits per heavy atom. The summed E-state index contributed by atoms with van der Waals surface area (Å²) >= 11 is 0. The third-order valence-corrected chi connectivity index (χ3v) is 4.85. The summed E-state index contributed by atoms with van der Waals surface area (Å²) < 4.78 is 5.53. The first-order valence-corrected chi connectivity index (χ1v) is 8.49. The molecule has 0 aromatic heterocycles. The maximum atomic E-state index is 12.4. The highest BCUT2D eigenvalue weighted by Gasteiger charge is 2.37. The topological polar surface area (TPSA) is 78.3 Å². The monoisotopic (exact) mass is 344 g/mol. The molecular weight excluding hydrogens is 324 g/mol. The van der Waals surface area contributed by atoms with Gasteiger partial charge in [-0.25, -0.2) is 4.79 Å². The standard InChI is InChI=1S/C22H20N2O2/c1-13-3-6-15(7-4-13)21(25)26-16-8-10-18-17-9-5-14(2)11-19(17)22(23,24)20(18)12-16/h3-12H,23-24H2,1-2H3. The Bertz CT molecular complexity index is 1020. The molecule has 0 radical (unpaired) electrons. The third-order valence-electron chi connectivity index (χ3n) is 4.85. The van der Waals surface area contributed by atoms with Gasteiger partial charge >= 0.3 is 5.97 Å². The van der Waals surface area contributed by atoms with Crippen LogP contribution in [-0.4, -0.2) is 5.97 Å². The smallest absolute Gasteiger partial charge is 0.343 e. The van der Waals surface area contributed by atoms with Gasteiger partial charge in [-0.05, 0) is 54.8 Å². The first-order valence-electron chi connectivity index (χ1n) is 8.49. The van der Waals surface area contributed by atoms with Crippen LogP contribution in [0, 0.1) is 13.8 Å². The van der Waals surface area contributed by atoms with Crippen molar-refractivity contribution >= 4 is 5.97 Å². The fourth-order valence-corrected chi connectivity index (χ4v) is 3.40. The van der Waals surface area contributed by atoms with E-state index >= 15 is 0 Å². The molecule has 0 spiro atoms. The number of fused-ring (bicyclic) bond motifs is 3. The predicted octanol–water partition coefficient (Wildman–Crippen LogP) is 3.62. The molecule has 4 rings (SSSR count). The molecule has 3 aromatic rings. The van der Waals surface area contributed by atoms with E-state index in [0.29, 0.717) is 11.3 Å². The highest BCUT2D eigenvalue weighted by Crippen LogP contribution is 2.44. The minimum Gasteiger partial charge on any atom is -0.423 e. The van der Waals surface area contributed by atoms with Gasteiger partial charge in [0.15, 0.2) is 0 Å². The number of hydrogen-bond acceptors (Lipinski definition) is 4. The Morgan fingerprint density at radius 1 is 0.808 bits per heavy atom. The second-order valence-corrected chi connectivity index (χ2v) is 6.88. The zero-order chi connectivity index (χ0) is 18.5. The highest BCUT2D eigenvalue weighted by molar-refractivity contribution is 5.91. The van der Waals surface area contributed by atoms with Crippen LogP contribution in [0.1, 0.15) is 32.6 Å². The molecule has 0 unspecified atom stereocenters. The number of carbonyl (C=O) groups excluding carboxylic acids is 1. The Kier molecular flexibility index (Phi) is 3.68. The number of esters is 1. The molecule has 0 atom stereocenters. The summed E-state index contributed by atoms with van der Waals surface area (Å²) in [4.78, 5) is 12.4. The van der Waals surface area contributed by atoms with Gasteiger partial charge in [-0.15, -0.1) is 0 Å². The molecule has 0 amide bonds. The number of nitrogens with two attached hydrogens (primary N) is 2. The van der Waals surface area contributed by atoms with Crippen LogP contribution in [0.5, 0.6) is 5.75 Å². The summed E-state index contributed by atoms with van der Waals surface area (Å²) in [6.45, 7) is 3.98. The fraction of sp³-hybridized carbons (Fsp3) is 0.136. The van der Waals surface area contributed by atoms with Crippen molar-refractivity contribution in [1.29, 1.82) is 0 Å². The molecule has 0 saturated carbocycles. The SMILES string of the molecule is Cc1ccc(C(=O)Oc2ccc3c(c2)C(N)(N)c2cc(C)ccc2-3)cc1. The van der Waals surface area contributed by atoms with E-state index in [2.05, 4.69) is 0 Å². The van der Waals surface area contributed by atoms with Crippen LogP contribution in [0.25, 0.3) is 11.1 Å². The van der Waals surface area contributed by atoms with Crippen molar-refractivity contribution in [3.05, 3.63) is 88.5 Å². The van der Waals surface area contributed by atoms with E-state index in [9.17, 15) is 4.79 Å². The summed E-state index contributed by atoms with van der Waals surface area (Å²) in [5.41, 5.74) is 18.1. The number of ether oxygens (including phenoxy) is 1. The van der Waals surface area contributed by atoms with Crippen LogP contribution in [0.4, 0.5) is 0 Å². The third kappa shape index (κ3) is 2.60. The largest absolute Gasteiger partial charge is 0.423 e. The molecule has 0 fully saturated rings. The van der Waals surface area contributed by atoms with E-state index in [1.807, 2.05) is 50.2 Å². The van der Waals surface area contributed by atoms with Crippen LogP contribution < -0.4 is 16.2 Å². The van der Waals surface area contributed by atoms with Crippen molar-refractivity contribution in [2.75, 3.05) is 0 Å². The molecule has 0 aliphatic heterocycles. The van der Waals surface area contributed by atoms with E-state index in [1.54, 1.807) is 24.3 Å². The molecule has 26 heavy (non-hydrogen) atoms. The van der Waals surface area contributed by atoms with Crippen LogP contribution in [0.2, 0.25) is 0 Å². The maximum absolute atomic E-state index is 12.4. The molecule has 130 valence electrons. The van der Waals surface area contributed by atoms with Gasteiger partial charge in [0.1, 0.15) is 11.4 Å². The average Bonchev–Trinajstić information content (AvgIpc) is 2.83. The molecule has 3 aromatic carbocycles. The van der Waals surface area contributed by atoms with Crippen LogP contribution >= 0.6 is 0 Å².